The fourth-order valence-corrected chi connectivity index (χ4v) is 4.10. The minimum atomic E-state index is -0.211. The molecule has 0 unspecified atom stereocenters. The molecule has 2 aromatic rings. The quantitative estimate of drug-likeness (QED) is 0.721. The van der Waals surface area contributed by atoms with E-state index in [0.717, 1.165) is 21.9 Å². The number of hydrogen-bond donors (Lipinski definition) is 1. The van der Waals surface area contributed by atoms with Crippen molar-refractivity contribution in [1.82, 2.24) is 4.90 Å². The molecule has 2 amide bonds. The molecule has 1 heterocycles. The summed E-state index contributed by atoms with van der Waals surface area (Å²) in [6.07, 6.45) is 0.239. The Hall–Kier alpha value is -1.98. The number of para-hydroxylation sites is 1. The van der Waals surface area contributed by atoms with E-state index < -0.39 is 0 Å². The van der Waals surface area contributed by atoms with Gasteiger partial charge >= 0.3 is 0 Å². The molecule has 0 saturated carbocycles. The number of nitrogens with zero attached hydrogens (tertiary/aromatic N) is 1. The molecule has 3 rings (SSSR count). The molecule has 1 aliphatic heterocycles. The molecule has 2 aromatic carbocycles. The highest BCUT2D eigenvalue weighted by Crippen LogP contribution is 2.31. The van der Waals surface area contributed by atoms with Gasteiger partial charge in [-0.1, -0.05) is 36.7 Å². The number of amides is 2. The normalized spacial score (nSPS) is 14.3. The van der Waals surface area contributed by atoms with E-state index >= 15 is 0 Å². The minimum Gasteiger partial charge on any atom is -0.331 e. The van der Waals surface area contributed by atoms with E-state index in [9.17, 15) is 9.59 Å². The van der Waals surface area contributed by atoms with Gasteiger partial charge in [0.2, 0.25) is 5.91 Å². The molecule has 0 bridgehead atoms. The second-order valence-corrected chi connectivity index (χ2v) is 7.94. The third-order valence-electron chi connectivity index (χ3n) is 4.41. The van der Waals surface area contributed by atoms with Crippen LogP contribution in [0.15, 0.2) is 47.4 Å². The van der Waals surface area contributed by atoms with Gasteiger partial charge in [-0.2, -0.15) is 0 Å². The highest BCUT2D eigenvalue weighted by Gasteiger charge is 2.32. The first-order valence-corrected chi connectivity index (χ1v) is 9.97. The summed E-state index contributed by atoms with van der Waals surface area (Å²) in [6.45, 7) is 4.42. The van der Waals surface area contributed by atoms with Gasteiger partial charge in [0.1, 0.15) is 0 Å². The zero-order chi connectivity index (χ0) is 18.7. The molecule has 136 valence electrons. The standard InChI is InChI=1S/C20H21ClN2O2S/c1-3-26-18-10-5-4-9-17(18)22-19(24)11-13(2)23-12-15-14(20(23)25)7-6-8-16(15)21/h4-10,13H,3,11-12H2,1-2H3,(H,22,24)/t13-/m1/s1. The smallest absolute Gasteiger partial charge is 0.254 e. The fourth-order valence-electron chi connectivity index (χ4n) is 3.10. The van der Waals surface area contributed by atoms with Gasteiger partial charge in [-0.15, -0.1) is 11.8 Å². The molecule has 1 atom stereocenters. The molecule has 0 saturated heterocycles. The van der Waals surface area contributed by atoms with Crippen LogP contribution in [0.2, 0.25) is 5.02 Å². The maximum absolute atomic E-state index is 12.6. The van der Waals surface area contributed by atoms with Crippen molar-refractivity contribution in [3.05, 3.63) is 58.6 Å². The first-order chi connectivity index (χ1) is 12.5. The number of rotatable bonds is 6. The lowest BCUT2D eigenvalue weighted by molar-refractivity contribution is -0.117. The molecule has 1 N–H and O–H groups in total. The predicted molar refractivity (Wildman–Crippen MR) is 107 cm³/mol. The van der Waals surface area contributed by atoms with Gasteiger partial charge in [0.05, 0.1) is 5.69 Å². The lowest BCUT2D eigenvalue weighted by Gasteiger charge is -2.24. The van der Waals surface area contributed by atoms with E-state index in [1.165, 1.54) is 0 Å². The Balaban J connectivity index is 1.66. The van der Waals surface area contributed by atoms with Crippen molar-refractivity contribution in [2.75, 3.05) is 11.1 Å². The number of thioether (sulfide) groups is 1. The summed E-state index contributed by atoms with van der Waals surface area (Å²) >= 11 is 7.89. The Bertz CT molecular complexity index is 840. The van der Waals surface area contributed by atoms with Gasteiger partial charge in [-0.05, 0) is 36.9 Å². The minimum absolute atomic E-state index is 0.0651. The number of halogens is 1. The van der Waals surface area contributed by atoms with Crippen LogP contribution in [0.4, 0.5) is 5.69 Å². The van der Waals surface area contributed by atoms with Crippen LogP contribution in [0.5, 0.6) is 0 Å². The van der Waals surface area contributed by atoms with Crippen LogP contribution in [0.25, 0.3) is 0 Å². The largest absolute Gasteiger partial charge is 0.331 e. The van der Waals surface area contributed by atoms with Gasteiger partial charge in [-0.3, -0.25) is 9.59 Å². The Labute approximate surface area is 162 Å². The second kappa shape index (κ2) is 8.14. The summed E-state index contributed by atoms with van der Waals surface area (Å²) in [4.78, 5) is 27.9. The van der Waals surface area contributed by atoms with E-state index in [-0.39, 0.29) is 24.3 Å². The Kier molecular flexibility index (Phi) is 5.89. The van der Waals surface area contributed by atoms with Crippen LogP contribution in [-0.2, 0) is 11.3 Å². The zero-order valence-electron chi connectivity index (χ0n) is 14.8. The third-order valence-corrected chi connectivity index (χ3v) is 5.72. The topological polar surface area (TPSA) is 49.4 Å². The van der Waals surface area contributed by atoms with Crippen LogP contribution in [0.3, 0.4) is 0 Å². The predicted octanol–water partition coefficient (Wildman–Crippen LogP) is 4.83. The molecule has 1 aliphatic rings. The van der Waals surface area contributed by atoms with Crippen molar-refractivity contribution in [1.29, 1.82) is 0 Å². The third kappa shape index (κ3) is 3.89. The average molecular weight is 389 g/mol. The number of anilines is 1. The molecule has 0 radical (unpaired) electrons. The van der Waals surface area contributed by atoms with Gasteiger partial charge in [0, 0.05) is 40.1 Å². The fraction of sp³-hybridized carbons (Fsp3) is 0.300. The molecule has 4 nitrogen and oxygen atoms in total. The van der Waals surface area contributed by atoms with Gasteiger partial charge in [-0.25, -0.2) is 0 Å². The first kappa shape index (κ1) is 18.8. The maximum atomic E-state index is 12.6. The van der Waals surface area contributed by atoms with Gasteiger partial charge in [0.15, 0.2) is 0 Å². The summed E-state index contributed by atoms with van der Waals surface area (Å²) in [6, 6.07) is 12.9. The summed E-state index contributed by atoms with van der Waals surface area (Å²) < 4.78 is 0. The Morgan fingerprint density at radius 1 is 1.27 bits per heavy atom. The summed E-state index contributed by atoms with van der Waals surface area (Å²) in [5, 5.41) is 3.57. The second-order valence-electron chi connectivity index (χ2n) is 6.23. The van der Waals surface area contributed by atoms with E-state index in [4.69, 9.17) is 11.6 Å². The summed E-state index contributed by atoms with van der Waals surface area (Å²) in [5.41, 5.74) is 2.29. The summed E-state index contributed by atoms with van der Waals surface area (Å²) in [7, 11) is 0. The van der Waals surface area contributed by atoms with Crippen molar-refractivity contribution < 1.29 is 9.59 Å². The number of carbonyl (C=O) groups excluding carboxylic acids is 2. The summed E-state index contributed by atoms with van der Waals surface area (Å²) in [5.74, 6) is 0.770. The van der Waals surface area contributed by atoms with E-state index in [0.29, 0.717) is 17.1 Å². The number of nitrogens with one attached hydrogen (secondary N) is 1. The van der Waals surface area contributed by atoms with Crippen molar-refractivity contribution in [3.63, 3.8) is 0 Å². The molecule has 0 fully saturated rings. The first-order valence-electron chi connectivity index (χ1n) is 8.61. The van der Waals surface area contributed by atoms with Crippen LogP contribution in [-0.4, -0.2) is 28.5 Å². The van der Waals surface area contributed by atoms with Gasteiger partial charge in [0.25, 0.3) is 5.91 Å². The SMILES string of the molecule is CCSc1ccccc1NC(=O)C[C@@H](C)N1Cc2c(Cl)cccc2C1=O. The van der Waals surface area contributed by atoms with Crippen molar-refractivity contribution in [3.8, 4) is 0 Å². The van der Waals surface area contributed by atoms with E-state index in [1.54, 1.807) is 34.9 Å². The molecule has 26 heavy (non-hydrogen) atoms. The monoisotopic (exact) mass is 388 g/mol. The highest BCUT2D eigenvalue weighted by atomic mass is 35.5. The van der Waals surface area contributed by atoms with Crippen molar-refractivity contribution in [2.24, 2.45) is 0 Å². The number of fused-ring (bicyclic) bond motifs is 1. The lowest BCUT2D eigenvalue weighted by Crippen LogP contribution is -2.36. The lowest BCUT2D eigenvalue weighted by atomic mass is 10.1. The average Bonchev–Trinajstić information content (AvgIpc) is 2.95. The molecule has 0 aromatic heterocycles. The molecular weight excluding hydrogens is 368 g/mol. The Morgan fingerprint density at radius 3 is 2.77 bits per heavy atom. The Morgan fingerprint density at radius 2 is 2.04 bits per heavy atom. The van der Waals surface area contributed by atoms with Gasteiger partial charge < -0.3 is 10.2 Å². The van der Waals surface area contributed by atoms with Crippen molar-refractivity contribution in [2.45, 2.75) is 37.8 Å². The maximum Gasteiger partial charge on any atom is 0.254 e. The number of benzene rings is 2. The number of hydrogen-bond acceptors (Lipinski definition) is 3. The highest BCUT2D eigenvalue weighted by molar-refractivity contribution is 7.99. The zero-order valence-corrected chi connectivity index (χ0v) is 16.4. The van der Waals surface area contributed by atoms with Crippen molar-refractivity contribution >= 4 is 40.9 Å². The van der Waals surface area contributed by atoms with Crippen LogP contribution in [0, 0.1) is 0 Å². The van der Waals surface area contributed by atoms with Crippen LogP contribution < -0.4 is 5.32 Å². The molecule has 6 heteroatoms. The number of carbonyl (C=O) groups is 2. The van der Waals surface area contributed by atoms with Crippen LogP contribution in [0.1, 0.15) is 36.2 Å². The van der Waals surface area contributed by atoms with E-state index in [1.807, 2.05) is 31.2 Å². The molecular formula is C20H21ClN2O2S. The molecule has 0 spiro atoms. The molecule has 0 aliphatic carbocycles. The van der Waals surface area contributed by atoms with E-state index in [2.05, 4.69) is 12.2 Å². The van der Waals surface area contributed by atoms with Crippen LogP contribution >= 0.6 is 23.4 Å².